The fraction of sp³-hybridized carbons (Fsp3) is 0.308. The molecule has 0 aliphatic rings. The zero-order chi connectivity index (χ0) is 15.8. The molecule has 0 unspecified atom stereocenters. The van der Waals surface area contributed by atoms with Crippen LogP contribution in [0.15, 0.2) is 18.2 Å². The molecule has 0 spiro atoms. The Morgan fingerprint density at radius 1 is 1.05 bits per heavy atom. The van der Waals surface area contributed by atoms with Gasteiger partial charge in [-0.2, -0.15) is 0 Å². The molecule has 0 aliphatic heterocycles. The molecule has 0 bridgehead atoms. The number of amides is 1. The van der Waals surface area contributed by atoms with E-state index in [4.69, 9.17) is 9.84 Å². The smallest absolute Gasteiger partial charge is 0.338 e. The average Bonchev–Trinajstić information content (AvgIpc) is 2.51. The molecule has 0 fully saturated rings. The second-order valence-electron chi connectivity index (χ2n) is 3.78. The Balaban J connectivity index is 2.99. The van der Waals surface area contributed by atoms with Gasteiger partial charge in [-0.3, -0.25) is 4.79 Å². The minimum atomic E-state index is -0.662. The van der Waals surface area contributed by atoms with Gasteiger partial charge in [0, 0.05) is 0 Å². The molecule has 2 N–H and O–H groups in total. The standard InChI is InChI=1S/C13H15NO7/c1-19-12(17)8-3-9(13(18)20-2)5-10(4-8)21-6-11(16)14-7-15/h3-5,15H,6-7H2,1-2H3,(H,14,16). The molecule has 21 heavy (non-hydrogen) atoms. The van der Waals surface area contributed by atoms with E-state index in [1.165, 1.54) is 32.4 Å². The Morgan fingerprint density at radius 2 is 1.57 bits per heavy atom. The Kier molecular flexibility index (Phi) is 6.15. The van der Waals surface area contributed by atoms with Crippen LogP contribution in [0.5, 0.6) is 5.75 Å². The monoisotopic (exact) mass is 297 g/mol. The second kappa shape index (κ2) is 7.85. The summed E-state index contributed by atoms with van der Waals surface area (Å²) in [7, 11) is 2.39. The Labute approximate surface area is 120 Å². The first-order valence-electron chi connectivity index (χ1n) is 5.84. The molecule has 0 aromatic heterocycles. The molecule has 0 saturated carbocycles. The minimum Gasteiger partial charge on any atom is -0.484 e. The van der Waals surface area contributed by atoms with Crippen molar-refractivity contribution in [2.75, 3.05) is 27.6 Å². The van der Waals surface area contributed by atoms with Crippen LogP contribution in [0, 0.1) is 0 Å². The van der Waals surface area contributed by atoms with E-state index in [1.54, 1.807) is 0 Å². The molecule has 0 saturated heterocycles. The van der Waals surface area contributed by atoms with Gasteiger partial charge in [-0.1, -0.05) is 0 Å². The van der Waals surface area contributed by atoms with Crippen molar-refractivity contribution in [2.24, 2.45) is 0 Å². The molecule has 8 heteroatoms. The van der Waals surface area contributed by atoms with E-state index in [9.17, 15) is 14.4 Å². The lowest BCUT2D eigenvalue weighted by molar-refractivity contribution is -0.124. The van der Waals surface area contributed by atoms with E-state index in [1.807, 2.05) is 0 Å². The van der Waals surface area contributed by atoms with Crippen molar-refractivity contribution in [2.45, 2.75) is 0 Å². The van der Waals surface area contributed by atoms with Gasteiger partial charge in [0.1, 0.15) is 12.5 Å². The van der Waals surface area contributed by atoms with Crippen LogP contribution in [-0.4, -0.2) is 50.5 Å². The number of carbonyl (C=O) groups excluding carboxylic acids is 3. The van der Waals surface area contributed by atoms with Crippen LogP contribution in [0.25, 0.3) is 0 Å². The van der Waals surface area contributed by atoms with Crippen LogP contribution in [0.3, 0.4) is 0 Å². The van der Waals surface area contributed by atoms with Gasteiger partial charge in [-0.25, -0.2) is 9.59 Å². The Hall–Kier alpha value is -2.61. The molecule has 8 nitrogen and oxygen atoms in total. The summed E-state index contributed by atoms with van der Waals surface area (Å²) in [6, 6.07) is 3.94. The topological polar surface area (TPSA) is 111 Å². The highest BCUT2D eigenvalue weighted by atomic mass is 16.5. The van der Waals surface area contributed by atoms with Crippen molar-refractivity contribution < 1.29 is 33.7 Å². The number of rotatable bonds is 6. The largest absolute Gasteiger partial charge is 0.484 e. The van der Waals surface area contributed by atoms with Gasteiger partial charge in [-0.05, 0) is 18.2 Å². The molecule has 1 aromatic rings. The summed E-state index contributed by atoms with van der Waals surface area (Å²) in [4.78, 5) is 34.2. The third-order valence-corrected chi connectivity index (χ3v) is 2.39. The van der Waals surface area contributed by atoms with Crippen molar-refractivity contribution in [1.82, 2.24) is 5.32 Å². The highest BCUT2D eigenvalue weighted by Crippen LogP contribution is 2.19. The highest BCUT2D eigenvalue weighted by molar-refractivity contribution is 5.96. The van der Waals surface area contributed by atoms with Crippen molar-refractivity contribution >= 4 is 17.8 Å². The summed E-state index contributed by atoms with van der Waals surface area (Å²) in [5.74, 6) is -1.76. The number of benzene rings is 1. The van der Waals surface area contributed by atoms with Gasteiger partial charge in [-0.15, -0.1) is 0 Å². The SMILES string of the molecule is COC(=O)c1cc(OCC(=O)NCO)cc(C(=O)OC)c1. The summed E-state index contributed by atoms with van der Waals surface area (Å²) >= 11 is 0. The summed E-state index contributed by atoms with van der Waals surface area (Å²) in [5, 5.41) is 10.6. The maximum atomic E-state index is 11.5. The maximum Gasteiger partial charge on any atom is 0.338 e. The molecule has 1 rings (SSSR count). The van der Waals surface area contributed by atoms with Crippen molar-refractivity contribution in [3.05, 3.63) is 29.3 Å². The highest BCUT2D eigenvalue weighted by Gasteiger charge is 2.15. The molecule has 1 amide bonds. The normalized spacial score (nSPS) is 9.67. The number of ether oxygens (including phenoxy) is 3. The van der Waals surface area contributed by atoms with Crippen LogP contribution in [0.1, 0.15) is 20.7 Å². The first kappa shape index (κ1) is 16.4. The van der Waals surface area contributed by atoms with Crippen molar-refractivity contribution in [3.8, 4) is 5.75 Å². The fourth-order valence-electron chi connectivity index (χ4n) is 1.44. The first-order valence-corrected chi connectivity index (χ1v) is 5.84. The third kappa shape index (κ3) is 4.77. The zero-order valence-electron chi connectivity index (χ0n) is 11.5. The summed E-state index contributed by atoms with van der Waals surface area (Å²) < 4.78 is 14.3. The number of carbonyl (C=O) groups is 3. The van der Waals surface area contributed by atoms with E-state index in [0.29, 0.717) is 0 Å². The number of methoxy groups -OCH3 is 2. The van der Waals surface area contributed by atoms with E-state index in [-0.39, 0.29) is 23.5 Å². The van der Waals surface area contributed by atoms with E-state index in [0.717, 1.165) is 0 Å². The lowest BCUT2D eigenvalue weighted by Gasteiger charge is -2.09. The van der Waals surface area contributed by atoms with E-state index >= 15 is 0 Å². The molecular formula is C13H15NO7. The molecule has 114 valence electrons. The maximum absolute atomic E-state index is 11.5. The molecule has 0 aliphatic carbocycles. The molecule has 0 atom stereocenters. The summed E-state index contributed by atoms with van der Waals surface area (Å²) in [5.41, 5.74) is 0.163. The van der Waals surface area contributed by atoms with Crippen LogP contribution in [-0.2, 0) is 14.3 Å². The number of aliphatic hydroxyl groups is 1. The number of hydrogen-bond acceptors (Lipinski definition) is 7. The lowest BCUT2D eigenvalue weighted by Crippen LogP contribution is -2.29. The van der Waals surface area contributed by atoms with E-state index < -0.39 is 24.6 Å². The van der Waals surface area contributed by atoms with Gasteiger partial charge < -0.3 is 24.6 Å². The van der Waals surface area contributed by atoms with Gasteiger partial charge in [0.2, 0.25) is 0 Å². The van der Waals surface area contributed by atoms with Crippen molar-refractivity contribution in [1.29, 1.82) is 0 Å². The van der Waals surface area contributed by atoms with Gasteiger partial charge in [0.15, 0.2) is 6.61 Å². The predicted molar refractivity (Wildman–Crippen MR) is 69.8 cm³/mol. The first-order chi connectivity index (χ1) is 10.0. The number of aliphatic hydroxyl groups excluding tert-OH is 1. The van der Waals surface area contributed by atoms with Crippen LogP contribution >= 0.6 is 0 Å². The quantitative estimate of drug-likeness (QED) is 0.548. The van der Waals surface area contributed by atoms with Crippen LogP contribution in [0.2, 0.25) is 0 Å². The Morgan fingerprint density at radius 3 is 2.00 bits per heavy atom. The molecular weight excluding hydrogens is 282 g/mol. The second-order valence-corrected chi connectivity index (χ2v) is 3.78. The Bertz CT molecular complexity index is 507. The molecule has 0 radical (unpaired) electrons. The van der Waals surface area contributed by atoms with Crippen LogP contribution < -0.4 is 10.1 Å². The summed E-state index contributed by atoms with van der Waals surface area (Å²) in [6.07, 6.45) is 0. The predicted octanol–water partition coefficient (Wildman–Crippen LogP) is -0.295. The van der Waals surface area contributed by atoms with Gasteiger partial charge in [0.05, 0.1) is 25.3 Å². The van der Waals surface area contributed by atoms with Gasteiger partial charge >= 0.3 is 11.9 Å². The fourth-order valence-corrected chi connectivity index (χ4v) is 1.44. The number of nitrogens with one attached hydrogen (secondary N) is 1. The minimum absolute atomic E-state index is 0.0815. The molecule has 1 aromatic carbocycles. The number of hydrogen-bond donors (Lipinski definition) is 2. The zero-order valence-corrected chi connectivity index (χ0v) is 11.5. The third-order valence-electron chi connectivity index (χ3n) is 2.39. The van der Waals surface area contributed by atoms with E-state index in [2.05, 4.69) is 14.8 Å². The van der Waals surface area contributed by atoms with Crippen molar-refractivity contribution in [3.63, 3.8) is 0 Å². The average molecular weight is 297 g/mol. The van der Waals surface area contributed by atoms with Crippen LogP contribution in [0.4, 0.5) is 0 Å². The molecule has 0 heterocycles. The lowest BCUT2D eigenvalue weighted by atomic mass is 10.1. The van der Waals surface area contributed by atoms with Gasteiger partial charge in [0.25, 0.3) is 5.91 Å². The summed E-state index contributed by atoms with van der Waals surface area (Å²) in [6.45, 7) is -0.899. The number of esters is 2.